The molecule has 0 spiro atoms. The van der Waals surface area contributed by atoms with E-state index < -0.39 is 0 Å². The first-order chi connectivity index (χ1) is 13.2. The number of halogens is 1. The summed E-state index contributed by atoms with van der Waals surface area (Å²) in [5.41, 5.74) is 4.42. The van der Waals surface area contributed by atoms with Crippen molar-refractivity contribution in [1.29, 1.82) is 0 Å². The molecule has 5 aromatic rings. The first-order valence-electron chi connectivity index (χ1n) is 8.28. The Balaban J connectivity index is 1.76. The van der Waals surface area contributed by atoms with Gasteiger partial charge in [0, 0.05) is 11.8 Å². The number of fused-ring (bicyclic) bond motifs is 1. The van der Waals surface area contributed by atoms with E-state index in [1.807, 2.05) is 35.8 Å². The monoisotopic (exact) mass is 376 g/mol. The highest BCUT2D eigenvalue weighted by atomic mass is 32.1. The number of pyridine rings is 1. The Labute approximate surface area is 157 Å². The molecule has 5 rings (SSSR count). The van der Waals surface area contributed by atoms with Crippen LogP contribution in [0, 0.1) is 12.7 Å². The van der Waals surface area contributed by atoms with Gasteiger partial charge in [-0.05, 0) is 43.3 Å². The van der Waals surface area contributed by atoms with E-state index >= 15 is 0 Å². The minimum atomic E-state index is -0.283. The maximum absolute atomic E-state index is 13.4. The van der Waals surface area contributed by atoms with E-state index in [2.05, 4.69) is 20.3 Å². The molecule has 132 valence electrons. The predicted molar refractivity (Wildman–Crippen MR) is 102 cm³/mol. The highest BCUT2D eigenvalue weighted by Crippen LogP contribution is 2.41. The number of hydrogen-bond donors (Lipinski definition) is 1. The minimum Gasteiger partial charge on any atom is -0.327 e. The van der Waals surface area contributed by atoms with E-state index in [0.29, 0.717) is 5.82 Å². The average molecular weight is 376 g/mol. The smallest absolute Gasteiger partial charge is 0.173 e. The second-order valence-electron chi connectivity index (χ2n) is 6.03. The number of nitrogens with zero attached hydrogens (tertiary/aromatic N) is 5. The zero-order valence-corrected chi connectivity index (χ0v) is 15.0. The summed E-state index contributed by atoms with van der Waals surface area (Å²) in [6, 6.07) is 12.2. The Bertz CT molecular complexity index is 1240. The number of aromatic nitrogens is 6. The Morgan fingerprint density at radius 1 is 1.11 bits per heavy atom. The van der Waals surface area contributed by atoms with Gasteiger partial charge in [0.05, 0.1) is 22.5 Å². The van der Waals surface area contributed by atoms with Crippen molar-refractivity contribution in [1.82, 2.24) is 29.8 Å². The topological polar surface area (TPSA) is 71.8 Å². The second-order valence-corrected chi connectivity index (χ2v) is 7.03. The summed E-state index contributed by atoms with van der Waals surface area (Å²) in [7, 11) is 0. The Hall–Kier alpha value is -3.39. The van der Waals surface area contributed by atoms with Crippen molar-refractivity contribution in [3.8, 4) is 32.5 Å². The van der Waals surface area contributed by atoms with Crippen molar-refractivity contribution in [2.45, 2.75) is 6.92 Å². The Kier molecular flexibility index (Phi) is 3.58. The summed E-state index contributed by atoms with van der Waals surface area (Å²) in [6.45, 7) is 1.97. The first kappa shape index (κ1) is 15.8. The normalized spacial score (nSPS) is 11.3. The van der Waals surface area contributed by atoms with Crippen LogP contribution in [0.3, 0.4) is 0 Å². The van der Waals surface area contributed by atoms with Crippen LogP contribution >= 0.6 is 11.3 Å². The van der Waals surface area contributed by atoms with Gasteiger partial charge >= 0.3 is 0 Å². The minimum absolute atomic E-state index is 0.283. The second kappa shape index (κ2) is 6.10. The van der Waals surface area contributed by atoms with Gasteiger partial charge in [-0.2, -0.15) is 5.10 Å². The van der Waals surface area contributed by atoms with E-state index in [0.717, 1.165) is 37.9 Å². The molecule has 0 aliphatic carbocycles. The lowest BCUT2D eigenvalue weighted by molar-refractivity contribution is 0.628. The molecular weight excluding hydrogens is 363 g/mol. The number of hydrogen-bond acceptors (Lipinski definition) is 5. The number of benzene rings is 1. The molecule has 0 radical (unpaired) electrons. The number of rotatable bonds is 3. The summed E-state index contributed by atoms with van der Waals surface area (Å²) in [6.07, 6.45) is 3.45. The molecule has 0 unspecified atom stereocenters. The van der Waals surface area contributed by atoms with E-state index in [1.54, 1.807) is 12.1 Å². The van der Waals surface area contributed by atoms with Crippen LogP contribution < -0.4 is 0 Å². The molecule has 8 heteroatoms. The molecule has 1 aromatic carbocycles. The SMILES string of the molecule is Cc1nn2ccccc2c1-c1nc(-c2ccc(F)cc2)c(-c2nnc[nH]2)s1. The van der Waals surface area contributed by atoms with Crippen molar-refractivity contribution in [3.63, 3.8) is 0 Å². The average Bonchev–Trinajstić information content (AvgIpc) is 3.39. The van der Waals surface area contributed by atoms with E-state index in [1.165, 1.54) is 29.8 Å². The Morgan fingerprint density at radius 3 is 2.74 bits per heavy atom. The number of aryl methyl sites for hydroxylation is 1. The van der Waals surface area contributed by atoms with Crippen LogP contribution in [-0.2, 0) is 0 Å². The van der Waals surface area contributed by atoms with Crippen LogP contribution in [-0.4, -0.2) is 29.8 Å². The number of H-pyrrole nitrogens is 1. The van der Waals surface area contributed by atoms with Crippen molar-refractivity contribution >= 4 is 16.9 Å². The third kappa shape index (κ3) is 2.61. The molecule has 4 heterocycles. The van der Waals surface area contributed by atoms with E-state index in [4.69, 9.17) is 4.98 Å². The molecule has 0 fully saturated rings. The molecule has 0 atom stereocenters. The molecule has 6 nitrogen and oxygen atoms in total. The lowest BCUT2D eigenvalue weighted by atomic mass is 10.1. The standard InChI is InChI=1S/C19H13FN6S/c1-11-15(14-4-2-3-9-26(14)25-11)19-23-16(12-5-7-13(20)8-6-12)17(27-19)18-21-10-22-24-18/h2-10H,1H3,(H,21,22,24). The van der Waals surface area contributed by atoms with Crippen molar-refractivity contribution in [3.05, 3.63) is 66.5 Å². The predicted octanol–water partition coefficient (Wildman–Crippen LogP) is 4.36. The molecule has 0 bridgehead atoms. The fourth-order valence-corrected chi connectivity index (χ4v) is 4.23. The fraction of sp³-hybridized carbons (Fsp3) is 0.0526. The van der Waals surface area contributed by atoms with Gasteiger partial charge < -0.3 is 4.98 Å². The number of aromatic amines is 1. The molecule has 0 aliphatic rings. The van der Waals surface area contributed by atoms with Crippen LogP contribution in [0.4, 0.5) is 4.39 Å². The third-order valence-corrected chi connectivity index (χ3v) is 5.39. The third-order valence-electron chi connectivity index (χ3n) is 4.31. The molecule has 1 N–H and O–H groups in total. The fourth-order valence-electron chi connectivity index (χ4n) is 3.09. The van der Waals surface area contributed by atoms with E-state index in [9.17, 15) is 4.39 Å². The van der Waals surface area contributed by atoms with Gasteiger partial charge in [-0.1, -0.05) is 6.07 Å². The quantitative estimate of drug-likeness (QED) is 0.508. The molecule has 0 aliphatic heterocycles. The van der Waals surface area contributed by atoms with Crippen LogP contribution in [0.25, 0.3) is 38.0 Å². The van der Waals surface area contributed by atoms with Gasteiger partial charge in [0.15, 0.2) is 5.82 Å². The maximum atomic E-state index is 13.4. The van der Waals surface area contributed by atoms with Gasteiger partial charge in [-0.15, -0.1) is 21.5 Å². The number of nitrogens with one attached hydrogen (secondary N) is 1. The van der Waals surface area contributed by atoms with Gasteiger partial charge in [0.2, 0.25) is 0 Å². The van der Waals surface area contributed by atoms with Gasteiger partial charge in [0.1, 0.15) is 22.0 Å². The van der Waals surface area contributed by atoms with E-state index in [-0.39, 0.29) is 5.82 Å². The van der Waals surface area contributed by atoms with Crippen molar-refractivity contribution in [2.75, 3.05) is 0 Å². The molecule has 0 saturated heterocycles. The maximum Gasteiger partial charge on any atom is 0.173 e. The molecule has 0 saturated carbocycles. The summed E-state index contributed by atoms with van der Waals surface area (Å²) in [5, 5.41) is 13.4. The van der Waals surface area contributed by atoms with Crippen LogP contribution in [0.1, 0.15) is 5.69 Å². The summed E-state index contributed by atoms with van der Waals surface area (Å²) >= 11 is 1.51. The lowest BCUT2D eigenvalue weighted by Gasteiger charge is -1.99. The highest BCUT2D eigenvalue weighted by molar-refractivity contribution is 7.19. The zero-order chi connectivity index (χ0) is 18.4. The van der Waals surface area contributed by atoms with Crippen LogP contribution in [0.5, 0.6) is 0 Å². The summed E-state index contributed by atoms with van der Waals surface area (Å²) in [4.78, 5) is 8.76. The highest BCUT2D eigenvalue weighted by Gasteiger charge is 2.21. The van der Waals surface area contributed by atoms with Crippen LogP contribution in [0.15, 0.2) is 55.0 Å². The van der Waals surface area contributed by atoms with Gasteiger partial charge in [-0.25, -0.2) is 13.9 Å². The summed E-state index contributed by atoms with van der Waals surface area (Å²) < 4.78 is 15.2. The van der Waals surface area contributed by atoms with Crippen molar-refractivity contribution < 1.29 is 4.39 Å². The zero-order valence-electron chi connectivity index (χ0n) is 14.2. The molecular formula is C19H13FN6S. The molecule has 27 heavy (non-hydrogen) atoms. The molecule has 4 aromatic heterocycles. The first-order valence-corrected chi connectivity index (χ1v) is 9.10. The van der Waals surface area contributed by atoms with Gasteiger partial charge in [0.25, 0.3) is 0 Å². The summed E-state index contributed by atoms with van der Waals surface area (Å²) in [5.74, 6) is 0.348. The van der Waals surface area contributed by atoms with Crippen LogP contribution in [0.2, 0.25) is 0 Å². The van der Waals surface area contributed by atoms with Crippen molar-refractivity contribution in [2.24, 2.45) is 0 Å². The van der Waals surface area contributed by atoms with Gasteiger partial charge in [-0.3, -0.25) is 0 Å². The number of thiazole rings is 1. The lowest BCUT2D eigenvalue weighted by Crippen LogP contribution is -1.85. The Morgan fingerprint density at radius 2 is 1.96 bits per heavy atom. The molecule has 0 amide bonds. The largest absolute Gasteiger partial charge is 0.327 e.